The molecule has 2 rings (SSSR count). The van der Waals surface area contributed by atoms with Crippen LogP contribution in [0.5, 0.6) is 0 Å². The van der Waals surface area contributed by atoms with Crippen molar-refractivity contribution in [3.05, 3.63) is 44.9 Å². The lowest BCUT2D eigenvalue weighted by Crippen LogP contribution is -1.92. The van der Waals surface area contributed by atoms with Crippen molar-refractivity contribution in [2.45, 2.75) is 13.3 Å². The second-order valence-electron chi connectivity index (χ2n) is 3.32. The normalized spacial score (nSPS) is 10.5. The van der Waals surface area contributed by atoms with Crippen LogP contribution in [0.2, 0.25) is 0 Å². The Hall–Kier alpha value is -0.870. The molecule has 0 unspecified atom stereocenters. The van der Waals surface area contributed by atoms with E-state index >= 15 is 0 Å². The van der Waals surface area contributed by atoms with E-state index in [1.165, 1.54) is 10.4 Å². The number of rotatable bonds is 2. The van der Waals surface area contributed by atoms with Gasteiger partial charge in [0.1, 0.15) is 0 Å². The van der Waals surface area contributed by atoms with Crippen molar-refractivity contribution >= 4 is 32.4 Å². The number of nitrogen functional groups attached to an aromatic ring is 1. The maximum absolute atomic E-state index is 5.67. The molecule has 0 bridgehead atoms. The lowest BCUT2D eigenvalue weighted by molar-refractivity contribution is 1.08. The zero-order chi connectivity index (χ0) is 10.8. The van der Waals surface area contributed by atoms with Crippen molar-refractivity contribution in [3.8, 4) is 0 Å². The third-order valence-electron chi connectivity index (χ3n) is 2.22. The first-order valence-electron chi connectivity index (χ1n) is 4.62. The summed E-state index contributed by atoms with van der Waals surface area (Å²) < 4.78 is 1.12. The molecular weight excluding hydrogens is 272 g/mol. The quantitative estimate of drug-likeness (QED) is 0.917. The largest absolute Gasteiger partial charge is 0.375 e. The van der Waals surface area contributed by atoms with Crippen molar-refractivity contribution in [2.75, 3.05) is 5.73 Å². The molecule has 0 fully saturated rings. The van der Waals surface area contributed by atoms with E-state index in [0.717, 1.165) is 16.6 Å². The topological polar surface area (TPSA) is 38.9 Å². The van der Waals surface area contributed by atoms with Crippen LogP contribution < -0.4 is 5.73 Å². The molecular formula is C11H11BrN2S. The molecule has 0 aliphatic rings. The van der Waals surface area contributed by atoms with Crippen molar-refractivity contribution < 1.29 is 0 Å². The summed E-state index contributed by atoms with van der Waals surface area (Å²) in [4.78, 5) is 5.52. The molecule has 0 spiro atoms. The van der Waals surface area contributed by atoms with Crippen LogP contribution in [0.1, 0.15) is 16.1 Å². The van der Waals surface area contributed by atoms with E-state index in [4.69, 9.17) is 5.73 Å². The number of benzene rings is 1. The smallest absolute Gasteiger partial charge is 0.180 e. The Kier molecular flexibility index (Phi) is 3.07. The fraction of sp³-hybridized carbons (Fsp3) is 0.182. The summed E-state index contributed by atoms with van der Waals surface area (Å²) in [5.74, 6) is 0. The summed E-state index contributed by atoms with van der Waals surface area (Å²) in [6, 6.07) is 8.18. The van der Waals surface area contributed by atoms with Gasteiger partial charge < -0.3 is 5.73 Å². The molecule has 0 atom stereocenters. The van der Waals surface area contributed by atoms with Crippen LogP contribution in [-0.2, 0) is 6.42 Å². The number of hydrogen-bond donors (Lipinski definition) is 1. The predicted octanol–water partition coefficient (Wildman–Crippen LogP) is 3.39. The second kappa shape index (κ2) is 4.33. The molecule has 2 aromatic rings. The van der Waals surface area contributed by atoms with Gasteiger partial charge >= 0.3 is 0 Å². The Morgan fingerprint density at radius 3 is 2.73 bits per heavy atom. The first kappa shape index (κ1) is 10.6. The molecule has 15 heavy (non-hydrogen) atoms. The number of hydrogen-bond acceptors (Lipinski definition) is 3. The van der Waals surface area contributed by atoms with Crippen LogP contribution >= 0.6 is 27.3 Å². The fourth-order valence-corrected chi connectivity index (χ4v) is 2.57. The van der Waals surface area contributed by atoms with Gasteiger partial charge in [-0.25, -0.2) is 4.98 Å². The van der Waals surface area contributed by atoms with Gasteiger partial charge in [0.25, 0.3) is 0 Å². The fourth-order valence-electron chi connectivity index (χ4n) is 1.44. The molecule has 0 amide bonds. The molecule has 0 saturated carbocycles. The van der Waals surface area contributed by atoms with E-state index in [-0.39, 0.29) is 0 Å². The Bertz CT molecular complexity index is 479. The van der Waals surface area contributed by atoms with Gasteiger partial charge in [0.05, 0.1) is 5.69 Å². The van der Waals surface area contributed by atoms with E-state index in [2.05, 4.69) is 33.9 Å². The van der Waals surface area contributed by atoms with Crippen molar-refractivity contribution in [2.24, 2.45) is 0 Å². The molecule has 2 nitrogen and oxygen atoms in total. The van der Waals surface area contributed by atoms with Crippen LogP contribution in [-0.4, -0.2) is 4.98 Å². The maximum atomic E-state index is 5.67. The molecule has 0 aliphatic heterocycles. The minimum Gasteiger partial charge on any atom is -0.375 e. The highest BCUT2D eigenvalue weighted by molar-refractivity contribution is 9.10. The highest BCUT2D eigenvalue weighted by Crippen LogP contribution is 2.24. The van der Waals surface area contributed by atoms with E-state index < -0.39 is 0 Å². The van der Waals surface area contributed by atoms with E-state index in [9.17, 15) is 0 Å². The number of anilines is 1. The number of nitrogens with two attached hydrogens (primary N) is 1. The number of nitrogens with zero attached hydrogens (tertiary/aromatic N) is 1. The monoisotopic (exact) mass is 282 g/mol. The number of thiazole rings is 1. The van der Waals surface area contributed by atoms with Gasteiger partial charge in [0, 0.05) is 15.8 Å². The molecule has 4 heteroatoms. The standard InChI is InChI=1S/C11H11BrN2S/c1-7-10(14-11(13)15-7)6-8-4-2-3-5-9(8)12/h2-5H,6H2,1H3,(H2,13,14). The third-order valence-corrected chi connectivity index (χ3v) is 3.84. The zero-order valence-corrected chi connectivity index (χ0v) is 10.7. The van der Waals surface area contributed by atoms with Crippen molar-refractivity contribution in [1.29, 1.82) is 0 Å². The Labute approximate surface area is 101 Å². The number of halogens is 1. The van der Waals surface area contributed by atoms with Gasteiger partial charge in [0.15, 0.2) is 5.13 Å². The van der Waals surface area contributed by atoms with Crippen LogP contribution in [0.4, 0.5) is 5.13 Å². The first-order valence-corrected chi connectivity index (χ1v) is 6.23. The average molecular weight is 283 g/mol. The van der Waals surface area contributed by atoms with Gasteiger partial charge in [0.2, 0.25) is 0 Å². The summed E-state index contributed by atoms with van der Waals surface area (Å²) in [7, 11) is 0. The Morgan fingerprint density at radius 1 is 1.40 bits per heavy atom. The Balaban J connectivity index is 2.29. The lowest BCUT2D eigenvalue weighted by Gasteiger charge is -2.02. The lowest BCUT2D eigenvalue weighted by atomic mass is 10.1. The molecule has 0 aliphatic carbocycles. The first-order chi connectivity index (χ1) is 7.16. The number of aryl methyl sites for hydroxylation is 1. The molecule has 1 aromatic heterocycles. The van der Waals surface area contributed by atoms with Crippen LogP contribution in [0.15, 0.2) is 28.7 Å². The summed E-state index contributed by atoms with van der Waals surface area (Å²) in [6.45, 7) is 2.06. The predicted molar refractivity (Wildman–Crippen MR) is 68.2 cm³/mol. The second-order valence-corrected chi connectivity index (χ2v) is 5.41. The highest BCUT2D eigenvalue weighted by Gasteiger charge is 2.07. The molecule has 78 valence electrons. The molecule has 1 heterocycles. The van der Waals surface area contributed by atoms with Gasteiger partial charge in [-0.1, -0.05) is 34.1 Å². The minimum atomic E-state index is 0.648. The molecule has 0 radical (unpaired) electrons. The molecule has 1 aromatic carbocycles. The van der Waals surface area contributed by atoms with E-state index in [1.54, 1.807) is 11.3 Å². The summed E-state index contributed by atoms with van der Waals surface area (Å²) in [5.41, 5.74) is 7.98. The minimum absolute atomic E-state index is 0.648. The molecule has 0 saturated heterocycles. The van der Waals surface area contributed by atoms with Gasteiger partial charge in [-0.2, -0.15) is 0 Å². The maximum Gasteiger partial charge on any atom is 0.180 e. The zero-order valence-electron chi connectivity index (χ0n) is 8.33. The van der Waals surface area contributed by atoms with E-state index in [1.807, 2.05) is 18.2 Å². The van der Waals surface area contributed by atoms with Crippen molar-refractivity contribution in [1.82, 2.24) is 4.98 Å². The summed E-state index contributed by atoms with van der Waals surface area (Å²) in [5, 5.41) is 0.648. The van der Waals surface area contributed by atoms with Gasteiger partial charge in [-0.05, 0) is 18.6 Å². The Morgan fingerprint density at radius 2 is 2.13 bits per heavy atom. The van der Waals surface area contributed by atoms with Crippen molar-refractivity contribution in [3.63, 3.8) is 0 Å². The van der Waals surface area contributed by atoms with Gasteiger partial charge in [-0.15, -0.1) is 11.3 Å². The van der Waals surface area contributed by atoms with Crippen LogP contribution in [0, 0.1) is 6.92 Å². The van der Waals surface area contributed by atoms with Crippen LogP contribution in [0.25, 0.3) is 0 Å². The molecule has 2 N–H and O–H groups in total. The third kappa shape index (κ3) is 2.38. The van der Waals surface area contributed by atoms with Crippen LogP contribution in [0.3, 0.4) is 0 Å². The SMILES string of the molecule is Cc1sc(N)nc1Cc1ccccc1Br. The summed E-state index contributed by atoms with van der Waals surface area (Å²) in [6.07, 6.45) is 0.834. The highest BCUT2D eigenvalue weighted by atomic mass is 79.9. The average Bonchev–Trinajstić information content (AvgIpc) is 2.49. The number of aromatic nitrogens is 1. The van der Waals surface area contributed by atoms with Gasteiger partial charge in [-0.3, -0.25) is 0 Å². The van der Waals surface area contributed by atoms with E-state index in [0.29, 0.717) is 5.13 Å². The summed E-state index contributed by atoms with van der Waals surface area (Å²) >= 11 is 5.08.